The molecule has 0 heterocycles. The van der Waals surface area contributed by atoms with Crippen LogP contribution in [0.3, 0.4) is 0 Å². The summed E-state index contributed by atoms with van der Waals surface area (Å²) in [7, 11) is -2.23. The van der Waals surface area contributed by atoms with Gasteiger partial charge < -0.3 is 10.1 Å². The minimum atomic E-state index is -3.55. The number of hydrogen-bond donors (Lipinski definition) is 2. The Hall–Kier alpha value is -1.58. The number of carbonyl (C=O) groups excluding carboxylic acids is 2. The molecule has 0 fully saturated rings. The van der Waals surface area contributed by atoms with Crippen LogP contribution >= 0.6 is 11.8 Å². The molecule has 140 valence electrons. The molecule has 2 N–H and O–H groups in total. The fourth-order valence-electron chi connectivity index (χ4n) is 1.84. The molecular formula is C16H24N2O5S2. The van der Waals surface area contributed by atoms with E-state index in [-0.39, 0.29) is 34.5 Å². The van der Waals surface area contributed by atoms with Crippen LogP contribution in [-0.4, -0.2) is 44.4 Å². The molecule has 0 spiro atoms. The summed E-state index contributed by atoms with van der Waals surface area (Å²) >= 11 is 1.34. The molecule has 1 aromatic rings. The summed E-state index contributed by atoms with van der Waals surface area (Å²) in [6.07, 6.45) is 0.244. The van der Waals surface area contributed by atoms with Crippen LogP contribution in [0, 0.1) is 0 Å². The Morgan fingerprint density at radius 2 is 1.76 bits per heavy atom. The number of thioether (sulfide) groups is 1. The fourth-order valence-corrected chi connectivity index (χ4v) is 3.94. The molecule has 1 aromatic carbocycles. The van der Waals surface area contributed by atoms with E-state index in [2.05, 4.69) is 14.8 Å². The van der Waals surface area contributed by atoms with Gasteiger partial charge in [-0.15, -0.1) is 11.8 Å². The monoisotopic (exact) mass is 388 g/mol. The number of sulfonamides is 1. The van der Waals surface area contributed by atoms with Crippen molar-refractivity contribution < 1.29 is 22.7 Å². The summed E-state index contributed by atoms with van der Waals surface area (Å²) in [5.74, 6) is -0.0445. The van der Waals surface area contributed by atoms with Crippen molar-refractivity contribution in [1.29, 1.82) is 0 Å². The van der Waals surface area contributed by atoms with Crippen LogP contribution in [0.1, 0.15) is 27.2 Å². The van der Waals surface area contributed by atoms with Crippen molar-refractivity contribution in [2.45, 2.75) is 43.4 Å². The number of nitrogens with one attached hydrogen (secondary N) is 2. The van der Waals surface area contributed by atoms with Crippen molar-refractivity contribution in [1.82, 2.24) is 4.72 Å². The molecule has 0 aliphatic heterocycles. The molecule has 1 atom stereocenters. The highest BCUT2D eigenvalue weighted by Crippen LogP contribution is 2.17. The maximum Gasteiger partial charge on any atom is 0.306 e. The summed E-state index contributed by atoms with van der Waals surface area (Å²) in [5.41, 5.74) is 0.508. The van der Waals surface area contributed by atoms with E-state index in [1.807, 2.05) is 0 Å². The van der Waals surface area contributed by atoms with Crippen LogP contribution in [0.2, 0.25) is 0 Å². The summed E-state index contributed by atoms with van der Waals surface area (Å²) in [5, 5.41) is 2.37. The third-order valence-electron chi connectivity index (χ3n) is 3.09. The smallest absolute Gasteiger partial charge is 0.306 e. The molecule has 0 saturated carbocycles. The molecule has 9 heteroatoms. The SMILES string of the molecule is COC(=O)CCS[C@H](C)C(=O)Nc1ccc(S(=O)(=O)NC(C)C)cc1. The molecule has 25 heavy (non-hydrogen) atoms. The highest BCUT2D eigenvalue weighted by atomic mass is 32.2. The van der Waals surface area contributed by atoms with Gasteiger partial charge >= 0.3 is 5.97 Å². The molecule has 0 aromatic heterocycles. The Kier molecular flexibility index (Phi) is 8.40. The molecule has 7 nitrogen and oxygen atoms in total. The van der Waals surface area contributed by atoms with E-state index < -0.39 is 10.0 Å². The summed E-state index contributed by atoms with van der Waals surface area (Å²) in [4.78, 5) is 23.3. The summed E-state index contributed by atoms with van der Waals surface area (Å²) < 4.78 is 31.1. The minimum Gasteiger partial charge on any atom is -0.469 e. The van der Waals surface area contributed by atoms with Gasteiger partial charge in [0.05, 0.1) is 23.7 Å². The summed E-state index contributed by atoms with van der Waals surface area (Å²) in [6, 6.07) is 5.76. The zero-order valence-electron chi connectivity index (χ0n) is 14.7. The van der Waals surface area contributed by atoms with Crippen LogP contribution in [0.4, 0.5) is 5.69 Å². The number of ether oxygens (including phenoxy) is 1. The predicted octanol–water partition coefficient (Wildman–Crippen LogP) is 2.00. The van der Waals surface area contributed by atoms with E-state index >= 15 is 0 Å². The normalized spacial score (nSPS) is 12.7. The van der Waals surface area contributed by atoms with Gasteiger partial charge in [0.25, 0.3) is 0 Å². The van der Waals surface area contributed by atoms with E-state index in [4.69, 9.17) is 0 Å². The number of esters is 1. The zero-order chi connectivity index (χ0) is 19.0. The number of amides is 1. The third-order valence-corrected chi connectivity index (χ3v) is 5.92. The molecule has 0 saturated heterocycles. The van der Waals surface area contributed by atoms with Gasteiger partial charge in [0.1, 0.15) is 0 Å². The average Bonchev–Trinajstić information content (AvgIpc) is 2.53. The van der Waals surface area contributed by atoms with Crippen LogP contribution in [0.25, 0.3) is 0 Å². The van der Waals surface area contributed by atoms with Gasteiger partial charge in [-0.05, 0) is 45.0 Å². The van der Waals surface area contributed by atoms with Gasteiger partial charge in [0.2, 0.25) is 15.9 Å². The molecule has 0 aliphatic carbocycles. The number of benzene rings is 1. The van der Waals surface area contributed by atoms with Crippen LogP contribution < -0.4 is 10.0 Å². The van der Waals surface area contributed by atoms with Gasteiger partial charge in [-0.25, -0.2) is 13.1 Å². The number of carbonyl (C=O) groups is 2. The first-order valence-corrected chi connectivity index (χ1v) is 10.3. The second kappa shape index (κ2) is 9.79. The highest BCUT2D eigenvalue weighted by molar-refractivity contribution is 8.00. The Morgan fingerprint density at radius 1 is 1.16 bits per heavy atom. The van der Waals surface area contributed by atoms with E-state index in [0.717, 1.165) is 0 Å². The van der Waals surface area contributed by atoms with Crippen LogP contribution in [0.5, 0.6) is 0 Å². The van der Waals surface area contributed by atoms with Crippen LogP contribution in [-0.2, 0) is 24.3 Å². The van der Waals surface area contributed by atoms with Crippen molar-refractivity contribution in [2.75, 3.05) is 18.2 Å². The quantitative estimate of drug-likeness (QED) is 0.628. The second-order valence-corrected chi connectivity index (χ2v) is 8.79. The van der Waals surface area contributed by atoms with Crippen molar-refractivity contribution in [2.24, 2.45) is 0 Å². The molecule has 0 radical (unpaired) electrons. The standard InChI is InChI=1S/C16H24N2O5S2/c1-11(2)18-25(21,22)14-7-5-13(6-8-14)17-16(20)12(3)24-10-9-15(19)23-4/h5-8,11-12,18H,9-10H2,1-4H3,(H,17,20)/t12-/m1/s1. The fraction of sp³-hybridized carbons (Fsp3) is 0.500. The molecule has 0 unspecified atom stereocenters. The first kappa shape index (κ1) is 21.5. The van der Waals surface area contributed by atoms with Crippen molar-refractivity contribution in [3.63, 3.8) is 0 Å². The Balaban J connectivity index is 2.59. The molecule has 0 aliphatic rings. The van der Waals surface area contributed by atoms with E-state index in [1.165, 1.54) is 31.0 Å². The number of rotatable bonds is 9. The topological polar surface area (TPSA) is 102 Å². The van der Waals surface area contributed by atoms with E-state index in [9.17, 15) is 18.0 Å². The maximum absolute atomic E-state index is 12.1. The summed E-state index contributed by atoms with van der Waals surface area (Å²) in [6.45, 7) is 5.22. The van der Waals surface area contributed by atoms with Gasteiger partial charge in [0, 0.05) is 17.5 Å². The van der Waals surface area contributed by atoms with Gasteiger partial charge in [-0.2, -0.15) is 0 Å². The second-order valence-electron chi connectivity index (χ2n) is 5.63. The molecule has 0 bridgehead atoms. The lowest BCUT2D eigenvalue weighted by molar-refractivity contribution is -0.140. The van der Waals surface area contributed by atoms with Crippen molar-refractivity contribution in [3.8, 4) is 0 Å². The lowest BCUT2D eigenvalue weighted by Gasteiger charge is -2.13. The zero-order valence-corrected chi connectivity index (χ0v) is 16.4. The predicted molar refractivity (Wildman–Crippen MR) is 99.1 cm³/mol. The lowest BCUT2D eigenvalue weighted by atomic mass is 10.3. The minimum absolute atomic E-state index is 0.139. The Morgan fingerprint density at radius 3 is 2.28 bits per heavy atom. The van der Waals surface area contributed by atoms with Crippen molar-refractivity contribution >= 4 is 39.3 Å². The Labute approximate surface area is 153 Å². The average molecular weight is 389 g/mol. The highest BCUT2D eigenvalue weighted by Gasteiger charge is 2.17. The number of methoxy groups -OCH3 is 1. The first-order valence-electron chi connectivity index (χ1n) is 7.77. The van der Waals surface area contributed by atoms with E-state index in [1.54, 1.807) is 32.9 Å². The molecule has 1 amide bonds. The lowest BCUT2D eigenvalue weighted by Crippen LogP contribution is -2.30. The maximum atomic E-state index is 12.1. The first-order chi connectivity index (χ1) is 11.7. The van der Waals surface area contributed by atoms with Gasteiger partial charge in [-0.1, -0.05) is 0 Å². The number of anilines is 1. The Bertz CT molecular complexity index is 687. The van der Waals surface area contributed by atoms with Crippen molar-refractivity contribution in [3.05, 3.63) is 24.3 Å². The van der Waals surface area contributed by atoms with E-state index in [0.29, 0.717) is 11.4 Å². The van der Waals surface area contributed by atoms with Gasteiger partial charge in [-0.3, -0.25) is 9.59 Å². The third kappa shape index (κ3) is 7.45. The largest absolute Gasteiger partial charge is 0.469 e. The number of hydrogen-bond acceptors (Lipinski definition) is 6. The van der Waals surface area contributed by atoms with Crippen LogP contribution in [0.15, 0.2) is 29.2 Å². The molecule has 1 rings (SSSR count). The molecular weight excluding hydrogens is 364 g/mol. The van der Waals surface area contributed by atoms with Gasteiger partial charge in [0.15, 0.2) is 0 Å².